The molecule has 2 heterocycles. The number of carbonyl (C=O) groups excluding carboxylic acids is 2. The number of carbonyl (C=O) groups is 2. The lowest BCUT2D eigenvalue weighted by Gasteiger charge is -2.28. The molecule has 1 amide bonds. The van der Waals surface area contributed by atoms with Crippen molar-refractivity contribution in [1.29, 1.82) is 0 Å². The van der Waals surface area contributed by atoms with Gasteiger partial charge in [0.25, 0.3) is 5.91 Å². The fraction of sp³-hybridized carbons (Fsp3) is 0.263. The monoisotopic (exact) mass is 323 g/mol. The molecule has 122 valence electrons. The summed E-state index contributed by atoms with van der Waals surface area (Å²) in [5.41, 5.74) is 1.16. The van der Waals surface area contributed by atoms with Crippen molar-refractivity contribution in [3.05, 3.63) is 59.7 Å². The molecule has 0 radical (unpaired) electrons. The second kappa shape index (κ2) is 5.09. The quantitative estimate of drug-likeness (QED) is 0.797. The Balaban J connectivity index is 1.88. The van der Waals surface area contributed by atoms with Crippen LogP contribution in [0.25, 0.3) is 0 Å². The van der Waals surface area contributed by atoms with Crippen molar-refractivity contribution in [2.45, 2.75) is 17.9 Å². The summed E-state index contributed by atoms with van der Waals surface area (Å²) in [5.74, 6) is -0.174. The normalized spacial score (nSPS) is 25.1. The van der Waals surface area contributed by atoms with E-state index in [0.717, 1.165) is 22.6 Å². The minimum atomic E-state index is -1.27. The molecule has 2 aliphatic heterocycles. The molecule has 5 nitrogen and oxygen atoms in total. The third-order valence-corrected chi connectivity index (χ3v) is 4.94. The molecule has 0 aromatic heterocycles. The highest BCUT2D eigenvalue weighted by atomic mass is 16.6. The van der Waals surface area contributed by atoms with E-state index in [1.165, 1.54) is 0 Å². The summed E-state index contributed by atoms with van der Waals surface area (Å²) in [6, 6.07) is 14.9. The van der Waals surface area contributed by atoms with Crippen molar-refractivity contribution < 1.29 is 19.1 Å². The van der Waals surface area contributed by atoms with E-state index in [1.807, 2.05) is 48.5 Å². The lowest BCUT2D eigenvalue weighted by Crippen LogP contribution is -2.42. The number of amides is 1. The van der Waals surface area contributed by atoms with Gasteiger partial charge in [0.15, 0.2) is 0 Å². The van der Waals surface area contributed by atoms with Gasteiger partial charge in [-0.3, -0.25) is 9.59 Å². The minimum absolute atomic E-state index is 0.181. The molecule has 5 heteroatoms. The van der Waals surface area contributed by atoms with Crippen molar-refractivity contribution in [1.82, 2.24) is 0 Å². The highest BCUT2D eigenvalue weighted by Crippen LogP contribution is 2.55. The Hall–Kier alpha value is -2.82. The molecule has 0 bridgehead atoms. The van der Waals surface area contributed by atoms with Crippen LogP contribution in [0.2, 0.25) is 0 Å². The predicted molar refractivity (Wildman–Crippen MR) is 88.0 cm³/mol. The van der Waals surface area contributed by atoms with E-state index in [2.05, 4.69) is 0 Å². The molecule has 4 rings (SSSR count). The third kappa shape index (κ3) is 1.81. The Kier molecular flexibility index (Phi) is 3.13. The van der Waals surface area contributed by atoms with Crippen LogP contribution in [0, 0.1) is 0 Å². The number of hydrogen-bond donors (Lipinski definition) is 0. The Morgan fingerprint density at radius 3 is 2.54 bits per heavy atom. The standard InChI is InChI=1S/C19H17NO4/c1-20-16-6-4-3-5-14(16)19(18(20)22)15(11-17(21)24-19)12-7-9-13(23-2)10-8-12/h3-10,15H,11H2,1-2H3/t15-,19-/m1/s1. The van der Waals surface area contributed by atoms with Crippen LogP contribution in [0.5, 0.6) is 5.75 Å². The van der Waals surface area contributed by atoms with E-state index in [4.69, 9.17) is 9.47 Å². The summed E-state index contributed by atoms with van der Waals surface area (Å²) in [7, 11) is 3.32. The number of esters is 1. The Bertz CT molecular complexity index is 830. The van der Waals surface area contributed by atoms with Crippen LogP contribution in [-0.4, -0.2) is 26.0 Å². The molecule has 2 aromatic carbocycles. The first kappa shape index (κ1) is 14.8. The average Bonchev–Trinajstić information content (AvgIpc) is 3.07. The molecule has 1 spiro atoms. The summed E-state index contributed by atoms with van der Waals surface area (Å²) in [4.78, 5) is 26.8. The maximum atomic E-state index is 13.1. The van der Waals surface area contributed by atoms with Gasteiger partial charge >= 0.3 is 5.97 Å². The molecule has 0 saturated carbocycles. The topological polar surface area (TPSA) is 55.8 Å². The number of fused-ring (bicyclic) bond motifs is 2. The maximum absolute atomic E-state index is 13.1. The fourth-order valence-electron chi connectivity index (χ4n) is 3.78. The molecule has 2 atom stereocenters. The largest absolute Gasteiger partial charge is 0.497 e. The van der Waals surface area contributed by atoms with Crippen LogP contribution in [0.3, 0.4) is 0 Å². The van der Waals surface area contributed by atoms with Crippen LogP contribution in [0.1, 0.15) is 23.5 Å². The van der Waals surface area contributed by atoms with Crippen LogP contribution in [-0.2, 0) is 19.9 Å². The Labute approximate surface area is 139 Å². The van der Waals surface area contributed by atoms with Gasteiger partial charge in [0, 0.05) is 18.5 Å². The fourth-order valence-corrected chi connectivity index (χ4v) is 3.78. The van der Waals surface area contributed by atoms with Gasteiger partial charge in [0.05, 0.1) is 19.2 Å². The first-order valence-electron chi connectivity index (χ1n) is 7.81. The average molecular weight is 323 g/mol. The zero-order valence-electron chi connectivity index (χ0n) is 13.5. The van der Waals surface area contributed by atoms with Gasteiger partial charge < -0.3 is 14.4 Å². The number of benzene rings is 2. The van der Waals surface area contributed by atoms with Gasteiger partial charge in [0.2, 0.25) is 5.60 Å². The summed E-state index contributed by atoms with van der Waals surface area (Å²) >= 11 is 0. The lowest BCUT2D eigenvalue weighted by atomic mass is 9.78. The van der Waals surface area contributed by atoms with Gasteiger partial charge in [-0.2, -0.15) is 0 Å². The number of rotatable bonds is 2. The summed E-state index contributed by atoms with van der Waals surface area (Å²) < 4.78 is 10.9. The van der Waals surface area contributed by atoms with Crippen molar-refractivity contribution in [3.63, 3.8) is 0 Å². The van der Waals surface area contributed by atoms with E-state index >= 15 is 0 Å². The van der Waals surface area contributed by atoms with Crippen molar-refractivity contribution in [2.75, 3.05) is 19.1 Å². The molecule has 1 fully saturated rings. The lowest BCUT2D eigenvalue weighted by molar-refractivity contribution is -0.157. The predicted octanol–water partition coefficient (Wildman–Crippen LogP) is 2.60. The van der Waals surface area contributed by atoms with E-state index in [9.17, 15) is 9.59 Å². The first-order valence-corrected chi connectivity index (χ1v) is 7.81. The molecule has 2 aliphatic rings. The van der Waals surface area contributed by atoms with E-state index in [0.29, 0.717) is 0 Å². The number of nitrogens with zero attached hydrogens (tertiary/aromatic N) is 1. The van der Waals surface area contributed by atoms with Crippen molar-refractivity contribution in [2.24, 2.45) is 0 Å². The van der Waals surface area contributed by atoms with Gasteiger partial charge in [-0.1, -0.05) is 30.3 Å². The summed E-state index contributed by atoms with van der Waals surface area (Å²) in [6.45, 7) is 0. The molecule has 24 heavy (non-hydrogen) atoms. The third-order valence-electron chi connectivity index (χ3n) is 4.94. The van der Waals surface area contributed by atoms with Crippen LogP contribution in [0.15, 0.2) is 48.5 Å². The molecule has 2 aromatic rings. The van der Waals surface area contributed by atoms with Crippen molar-refractivity contribution >= 4 is 17.6 Å². The Morgan fingerprint density at radius 1 is 1.12 bits per heavy atom. The maximum Gasteiger partial charge on any atom is 0.308 e. The first-order chi connectivity index (χ1) is 11.6. The van der Waals surface area contributed by atoms with Gasteiger partial charge in [-0.05, 0) is 23.8 Å². The number of ether oxygens (including phenoxy) is 2. The summed E-state index contributed by atoms with van der Waals surface area (Å²) in [6.07, 6.45) is 0.181. The van der Waals surface area contributed by atoms with Crippen LogP contribution in [0.4, 0.5) is 5.69 Å². The minimum Gasteiger partial charge on any atom is -0.497 e. The second-order valence-electron chi connectivity index (χ2n) is 6.12. The SMILES string of the molecule is COc1ccc([C@H]2CC(=O)O[C@@]23C(=O)N(C)c2ccccc23)cc1. The Morgan fingerprint density at radius 2 is 1.83 bits per heavy atom. The summed E-state index contributed by atoms with van der Waals surface area (Å²) in [5, 5.41) is 0. The molecule has 0 aliphatic carbocycles. The number of likely N-dealkylation sites (N-methyl/N-ethyl adjacent to an activating group) is 1. The number of para-hydroxylation sites is 1. The highest BCUT2D eigenvalue weighted by Gasteiger charge is 2.62. The van der Waals surface area contributed by atoms with Gasteiger partial charge in [-0.25, -0.2) is 0 Å². The zero-order valence-corrected chi connectivity index (χ0v) is 13.5. The van der Waals surface area contributed by atoms with E-state index < -0.39 is 5.60 Å². The van der Waals surface area contributed by atoms with Gasteiger partial charge in [0.1, 0.15) is 5.75 Å². The molecular weight excluding hydrogens is 306 g/mol. The smallest absolute Gasteiger partial charge is 0.308 e. The van der Waals surface area contributed by atoms with Crippen molar-refractivity contribution in [3.8, 4) is 5.75 Å². The zero-order chi connectivity index (χ0) is 16.9. The van der Waals surface area contributed by atoms with E-state index in [1.54, 1.807) is 19.1 Å². The van der Waals surface area contributed by atoms with Crippen LogP contribution < -0.4 is 9.64 Å². The molecule has 1 saturated heterocycles. The number of hydrogen-bond acceptors (Lipinski definition) is 4. The molecule has 0 unspecified atom stereocenters. The molecular formula is C19H17NO4. The number of anilines is 1. The molecule has 0 N–H and O–H groups in total. The van der Waals surface area contributed by atoms with E-state index in [-0.39, 0.29) is 24.2 Å². The second-order valence-corrected chi connectivity index (χ2v) is 6.12. The highest BCUT2D eigenvalue weighted by molar-refractivity contribution is 6.09. The van der Waals surface area contributed by atoms with Crippen LogP contribution >= 0.6 is 0 Å². The number of methoxy groups -OCH3 is 1. The van der Waals surface area contributed by atoms with Gasteiger partial charge in [-0.15, -0.1) is 0 Å².